The average Bonchev–Trinajstić information content (AvgIpc) is 2.92. The summed E-state index contributed by atoms with van der Waals surface area (Å²) in [5, 5.41) is 22.7. The van der Waals surface area contributed by atoms with Crippen molar-refractivity contribution in [2.75, 3.05) is 5.32 Å². The molecule has 1 heterocycles. The SMILES string of the molecule is N#Cc1ccsc1NC(=O)C[C@H](C(=O)O)c1ccc(F)cc1. The van der Waals surface area contributed by atoms with Gasteiger partial charge in [-0.25, -0.2) is 4.39 Å². The first-order valence-electron chi connectivity index (χ1n) is 6.27. The first-order valence-corrected chi connectivity index (χ1v) is 7.15. The van der Waals surface area contributed by atoms with Crippen LogP contribution in [0.15, 0.2) is 35.7 Å². The summed E-state index contributed by atoms with van der Waals surface area (Å²) in [6, 6.07) is 8.48. The van der Waals surface area contributed by atoms with Gasteiger partial charge in [0.15, 0.2) is 0 Å². The van der Waals surface area contributed by atoms with Gasteiger partial charge in [0.25, 0.3) is 0 Å². The molecular weight excluding hydrogens is 307 g/mol. The summed E-state index contributed by atoms with van der Waals surface area (Å²) in [6.07, 6.45) is -0.302. The van der Waals surface area contributed by atoms with E-state index in [0.717, 1.165) is 12.1 Å². The van der Waals surface area contributed by atoms with Gasteiger partial charge in [-0.2, -0.15) is 5.26 Å². The molecule has 1 aromatic carbocycles. The molecular formula is C15H11FN2O3S. The highest BCUT2D eigenvalue weighted by atomic mass is 32.1. The number of aliphatic carboxylic acids is 1. The first-order chi connectivity index (χ1) is 10.5. The number of halogens is 1. The van der Waals surface area contributed by atoms with Crippen molar-refractivity contribution in [3.8, 4) is 6.07 Å². The van der Waals surface area contributed by atoms with Crippen molar-refractivity contribution in [2.24, 2.45) is 0 Å². The monoisotopic (exact) mass is 318 g/mol. The summed E-state index contributed by atoms with van der Waals surface area (Å²) in [5.41, 5.74) is 0.669. The van der Waals surface area contributed by atoms with Crippen LogP contribution in [0.2, 0.25) is 0 Å². The minimum absolute atomic E-state index is 0.302. The molecule has 0 saturated heterocycles. The van der Waals surface area contributed by atoms with E-state index in [1.807, 2.05) is 6.07 Å². The summed E-state index contributed by atoms with van der Waals surface area (Å²) < 4.78 is 12.9. The molecule has 1 aromatic heterocycles. The third-order valence-corrected chi connectivity index (χ3v) is 3.83. The molecule has 0 fully saturated rings. The van der Waals surface area contributed by atoms with E-state index in [9.17, 15) is 19.1 Å². The van der Waals surface area contributed by atoms with E-state index in [4.69, 9.17) is 5.26 Å². The number of carboxylic acid groups (broad SMARTS) is 1. The third kappa shape index (κ3) is 3.68. The number of carboxylic acids is 1. The molecule has 0 aliphatic rings. The molecule has 2 aromatic rings. The van der Waals surface area contributed by atoms with Crippen molar-refractivity contribution in [2.45, 2.75) is 12.3 Å². The number of hydrogen-bond acceptors (Lipinski definition) is 4. The number of nitrogens with one attached hydrogen (secondary N) is 1. The Morgan fingerprint density at radius 2 is 2.00 bits per heavy atom. The molecule has 0 bridgehead atoms. The molecule has 7 heteroatoms. The summed E-state index contributed by atoms with van der Waals surface area (Å²) in [5.74, 6) is -3.25. The van der Waals surface area contributed by atoms with Gasteiger partial charge in [-0.3, -0.25) is 9.59 Å². The van der Waals surface area contributed by atoms with Gasteiger partial charge in [0.1, 0.15) is 16.9 Å². The van der Waals surface area contributed by atoms with E-state index in [1.54, 1.807) is 11.4 Å². The molecule has 22 heavy (non-hydrogen) atoms. The standard InChI is InChI=1S/C15H11FN2O3S/c16-11-3-1-9(2-4-11)12(15(20)21)7-13(19)18-14-10(8-17)5-6-22-14/h1-6,12H,7H2,(H,18,19)(H,20,21)/t12-/m0/s1. The Morgan fingerprint density at radius 3 is 2.59 bits per heavy atom. The average molecular weight is 318 g/mol. The molecule has 0 saturated carbocycles. The number of rotatable bonds is 5. The van der Waals surface area contributed by atoms with Gasteiger partial charge in [-0.1, -0.05) is 12.1 Å². The quantitative estimate of drug-likeness (QED) is 0.887. The lowest BCUT2D eigenvalue weighted by molar-refractivity contribution is -0.140. The van der Waals surface area contributed by atoms with Crippen LogP contribution >= 0.6 is 11.3 Å². The Hall–Kier alpha value is -2.72. The highest BCUT2D eigenvalue weighted by Gasteiger charge is 2.24. The Kier molecular flexibility index (Phi) is 4.86. The molecule has 2 N–H and O–H groups in total. The zero-order chi connectivity index (χ0) is 16.1. The number of carbonyl (C=O) groups is 2. The van der Waals surface area contributed by atoms with Gasteiger partial charge >= 0.3 is 5.97 Å². The van der Waals surface area contributed by atoms with E-state index >= 15 is 0 Å². The van der Waals surface area contributed by atoms with Crippen molar-refractivity contribution >= 4 is 28.2 Å². The van der Waals surface area contributed by atoms with Crippen LogP contribution in [0.4, 0.5) is 9.39 Å². The predicted octanol–water partition coefficient (Wildman–Crippen LogP) is 2.96. The zero-order valence-electron chi connectivity index (χ0n) is 11.2. The van der Waals surface area contributed by atoms with Crippen LogP contribution in [0.5, 0.6) is 0 Å². The first kappa shape index (κ1) is 15.7. The van der Waals surface area contributed by atoms with Gasteiger partial charge in [0.05, 0.1) is 11.5 Å². The van der Waals surface area contributed by atoms with Crippen LogP contribution in [-0.2, 0) is 9.59 Å². The van der Waals surface area contributed by atoms with Crippen molar-refractivity contribution in [3.63, 3.8) is 0 Å². The van der Waals surface area contributed by atoms with E-state index in [1.165, 1.54) is 23.5 Å². The number of anilines is 1. The number of benzene rings is 1. The second-order valence-corrected chi connectivity index (χ2v) is 5.39. The number of amides is 1. The maximum absolute atomic E-state index is 12.9. The molecule has 2 rings (SSSR count). The Labute approximate surface area is 129 Å². The molecule has 1 atom stereocenters. The number of nitrogens with zero attached hydrogens (tertiary/aromatic N) is 1. The summed E-state index contributed by atoms with van der Waals surface area (Å²) >= 11 is 1.18. The van der Waals surface area contributed by atoms with Gasteiger partial charge in [0.2, 0.25) is 5.91 Å². The zero-order valence-corrected chi connectivity index (χ0v) is 12.1. The highest BCUT2D eigenvalue weighted by molar-refractivity contribution is 7.14. The van der Waals surface area contributed by atoms with Gasteiger partial charge in [0, 0.05) is 6.42 Å². The second-order valence-electron chi connectivity index (χ2n) is 4.47. The van der Waals surface area contributed by atoms with Crippen molar-refractivity contribution in [3.05, 3.63) is 52.7 Å². The van der Waals surface area contributed by atoms with Crippen molar-refractivity contribution in [1.82, 2.24) is 0 Å². The Balaban J connectivity index is 2.11. The Morgan fingerprint density at radius 1 is 1.32 bits per heavy atom. The van der Waals surface area contributed by atoms with Crippen LogP contribution in [0.1, 0.15) is 23.5 Å². The van der Waals surface area contributed by atoms with Crippen LogP contribution in [-0.4, -0.2) is 17.0 Å². The lowest BCUT2D eigenvalue weighted by Crippen LogP contribution is -2.20. The molecule has 0 spiro atoms. The maximum atomic E-state index is 12.9. The topological polar surface area (TPSA) is 90.2 Å². The number of hydrogen-bond donors (Lipinski definition) is 2. The molecule has 0 aliphatic carbocycles. The third-order valence-electron chi connectivity index (χ3n) is 3.00. The molecule has 0 unspecified atom stereocenters. The normalized spacial score (nSPS) is 11.5. The van der Waals surface area contributed by atoms with E-state index < -0.39 is 23.6 Å². The van der Waals surface area contributed by atoms with Crippen molar-refractivity contribution < 1.29 is 19.1 Å². The highest BCUT2D eigenvalue weighted by Crippen LogP contribution is 2.25. The fourth-order valence-corrected chi connectivity index (χ4v) is 2.65. The number of thiophene rings is 1. The van der Waals surface area contributed by atoms with E-state index in [0.29, 0.717) is 16.1 Å². The number of nitriles is 1. The van der Waals surface area contributed by atoms with Crippen LogP contribution in [0.25, 0.3) is 0 Å². The molecule has 1 amide bonds. The van der Waals surface area contributed by atoms with E-state index in [2.05, 4.69) is 5.32 Å². The summed E-state index contributed by atoms with van der Waals surface area (Å²) in [6.45, 7) is 0. The van der Waals surface area contributed by atoms with Crippen LogP contribution in [0, 0.1) is 17.1 Å². The predicted molar refractivity (Wildman–Crippen MR) is 79.1 cm³/mol. The lowest BCUT2D eigenvalue weighted by Gasteiger charge is -2.12. The molecule has 5 nitrogen and oxygen atoms in total. The minimum atomic E-state index is -1.17. The largest absolute Gasteiger partial charge is 0.481 e. The molecule has 0 radical (unpaired) electrons. The summed E-state index contributed by atoms with van der Waals surface area (Å²) in [7, 11) is 0. The Bertz CT molecular complexity index is 734. The molecule has 112 valence electrons. The minimum Gasteiger partial charge on any atom is -0.481 e. The lowest BCUT2D eigenvalue weighted by atomic mass is 9.95. The van der Waals surface area contributed by atoms with Gasteiger partial charge in [-0.05, 0) is 29.1 Å². The maximum Gasteiger partial charge on any atom is 0.311 e. The van der Waals surface area contributed by atoms with Crippen LogP contribution < -0.4 is 5.32 Å². The van der Waals surface area contributed by atoms with Gasteiger partial charge in [-0.15, -0.1) is 11.3 Å². The molecule has 0 aliphatic heterocycles. The fraction of sp³-hybridized carbons (Fsp3) is 0.133. The van der Waals surface area contributed by atoms with E-state index in [-0.39, 0.29) is 6.42 Å². The smallest absolute Gasteiger partial charge is 0.311 e. The van der Waals surface area contributed by atoms with Gasteiger partial charge < -0.3 is 10.4 Å². The van der Waals surface area contributed by atoms with Crippen LogP contribution in [0.3, 0.4) is 0 Å². The van der Waals surface area contributed by atoms with Crippen molar-refractivity contribution in [1.29, 1.82) is 5.26 Å². The fourth-order valence-electron chi connectivity index (χ4n) is 1.90. The second kappa shape index (κ2) is 6.83. The summed E-state index contributed by atoms with van der Waals surface area (Å²) in [4.78, 5) is 23.3. The number of carbonyl (C=O) groups excluding carboxylic acids is 1.